The molecule has 0 radical (unpaired) electrons. The van der Waals surface area contributed by atoms with Gasteiger partial charge in [0, 0.05) is 18.8 Å². The van der Waals surface area contributed by atoms with Gasteiger partial charge >= 0.3 is 0 Å². The van der Waals surface area contributed by atoms with Gasteiger partial charge in [0.1, 0.15) is 18.1 Å². The van der Waals surface area contributed by atoms with E-state index in [9.17, 15) is 0 Å². The molecule has 0 N–H and O–H groups in total. The van der Waals surface area contributed by atoms with E-state index < -0.39 is 0 Å². The number of imidazole rings is 1. The van der Waals surface area contributed by atoms with Crippen molar-refractivity contribution in [1.29, 1.82) is 0 Å². The fraction of sp³-hybridized carbons (Fsp3) is 0.690. The largest absolute Gasteiger partial charge is 0.372 e. The first-order chi connectivity index (χ1) is 15.9. The summed E-state index contributed by atoms with van der Waals surface area (Å²) in [7, 11) is 0. The summed E-state index contributed by atoms with van der Waals surface area (Å²) in [6.45, 7) is 5.85. The van der Waals surface area contributed by atoms with Crippen molar-refractivity contribution in [3.05, 3.63) is 43.0 Å². The van der Waals surface area contributed by atoms with Crippen molar-refractivity contribution in [2.24, 2.45) is 0 Å². The summed E-state index contributed by atoms with van der Waals surface area (Å²) in [5.41, 5.74) is 2.64. The van der Waals surface area contributed by atoms with Crippen LogP contribution in [-0.4, -0.2) is 17.7 Å². The first-order valence-corrected chi connectivity index (χ1v) is 13.8. The Bertz CT molecular complexity index is 710. The lowest BCUT2D eigenvalue weighted by Gasteiger charge is -2.22. The number of nitrogens with zero attached hydrogens (tertiary/aromatic N) is 3. The third-order valence-corrected chi connectivity index (χ3v) is 7.08. The van der Waals surface area contributed by atoms with E-state index in [1.807, 2.05) is 0 Å². The molecule has 3 rings (SSSR count). The molecule has 1 aromatic carbocycles. The van der Waals surface area contributed by atoms with E-state index in [-0.39, 0.29) is 0 Å². The zero-order valence-corrected chi connectivity index (χ0v) is 20.8. The molecular weight excluding hydrogens is 390 g/mol. The number of aryl methyl sites for hydroxylation is 1. The predicted molar refractivity (Wildman–Crippen MR) is 138 cm³/mol. The molecule has 1 aliphatic heterocycles. The number of benzene rings is 1. The van der Waals surface area contributed by atoms with Gasteiger partial charge in [0.2, 0.25) is 6.33 Å². The fourth-order valence-electron chi connectivity index (χ4n) is 4.98. The molecule has 32 heavy (non-hydrogen) atoms. The summed E-state index contributed by atoms with van der Waals surface area (Å²) in [6.07, 6.45) is 29.0. The Kier molecular flexibility index (Phi) is 11.8. The van der Waals surface area contributed by atoms with Gasteiger partial charge in [0.25, 0.3) is 0 Å². The molecule has 0 unspecified atom stereocenters. The summed E-state index contributed by atoms with van der Waals surface area (Å²) < 4.78 is 4.60. The van der Waals surface area contributed by atoms with E-state index in [1.54, 1.807) is 0 Å². The first-order valence-electron chi connectivity index (χ1n) is 13.8. The first kappa shape index (κ1) is 24.9. The van der Waals surface area contributed by atoms with E-state index in [1.165, 1.54) is 127 Å². The highest BCUT2D eigenvalue weighted by Crippen LogP contribution is 2.21. The lowest BCUT2D eigenvalue weighted by Crippen LogP contribution is -2.30. The molecule has 178 valence electrons. The van der Waals surface area contributed by atoms with Crippen molar-refractivity contribution >= 4 is 5.69 Å². The molecule has 0 amide bonds. The third kappa shape index (κ3) is 9.00. The van der Waals surface area contributed by atoms with Crippen LogP contribution < -0.4 is 9.47 Å². The third-order valence-electron chi connectivity index (χ3n) is 7.08. The predicted octanol–water partition coefficient (Wildman–Crippen LogP) is 7.85. The van der Waals surface area contributed by atoms with Crippen LogP contribution in [0.2, 0.25) is 0 Å². The van der Waals surface area contributed by atoms with Crippen LogP contribution in [0.1, 0.15) is 110 Å². The van der Waals surface area contributed by atoms with Crippen LogP contribution in [0.3, 0.4) is 0 Å². The normalized spacial score (nSPS) is 14.6. The minimum Gasteiger partial charge on any atom is -0.372 e. The van der Waals surface area contributed by atoms with Crippen LogP contribution >= 0.6 is 0 Å². The molecule has 1 aliphatic rings. The Morgan fingerprint density at radius 2 is 1.19 bits per heavy atom. The summed E-state index contributed by atoms with van der Waals surface area (Å²) >= 11 is 0. The molecule has 1 aromatic heterocycles. The highest BCUT2D eigenvalue weighted by molar-refractivity contribution is 5.51. The molecule has 1 saturated heterocycles. The summed E-state index contributed by atoms with van der Waals surface area (Å²) in [6, 6.07) is 9.15. The Labute approximate surface area is 197 Å². The molecule has 1 fully saturated rings. The van der Waals surface area contributed by atoms with Crippen molar-refractivity contribution in [3.8, 4) is 5.69 Å². The molecule has 3 nitrogen and oxygen atoms in total. The number of rotatable bonds is 15. The van der Waals surface area contributed by atoms with Gasteiger partial charge in [-0.3, -0.25) is 0 Å². The Morgan fingerprint density at radius 3 is 1.78 bits per heavy atom. The monoisotopic (exact) mass is 438 g/mol. The highest BCUT2D eigenvalue weighted by atomic mass is 15.1. The maximum Gasteiger partial charge on any atom is 0.248 e. The van der Waals surface area contributed by atoms with Crippen LogP contribution in [0.4, 0.5) is 5.69 Å². The summed E-state index contributed by atoms with van der Waals surface area (Å²) in [4.78, 5) is 2.56. The number of aromatic nitrogens is 2. The number of anilines is 1. The highest BCUT2D eigenvalue weighted by Gasteiger charge is 2.11. The second kappa shape index (κ2) is 15.1. The van der Waals surface area contributed by atoms with Crippen LogP contribution in [0.15, 0.2) is 43.0 Å². The molecule has 0 saturated carbocycles. The van der Waals surface area contributed by atoms with E-state index in [0.717, 1.165) is 6.54 Å². The maximum absolute atomic E-state index is 2.56. The van der Waals surface area contributed by atoms with Crippen molar-refractivity contribution in [3.63, 3.8) is 0 Å². The topological polar surface area (TPSA) is 12.0 Å². The summed E-state index contributed by atoms with van der Waals surface area (Å²) in [5, 5.41) is 0. The quantitative estimate of drug-likeness (QED) is 0.204. The van der Waals surface area contributed by atoms with Gasteiger partial charge in [0.15, 0.2) is 0 Å². The lowest BCUT2D eigenvalue weighted by molar-refractivity contribution is -0.696. The Morgan fingerprint density at radius 1 is 0.656 bits per heavy atom. The van der Waals surface area contributed by atoms with Crippen LogP contribution in [0, 0.1) is 0 Å². The number of unbranched alkanes of at least 4 members (excludes halogenated alkanes) is 11. The van der Waals surface area contributed by atoms with E-state index in [0.29, 0.717) is 0 Å². The molecule has 2 aromatic rings. The molecule has 0 spiro atoms. The Balaban J connectivity index is 1.28. The number of hydrogen-bond acceptors (Lipinski definition) is 1. The van der Waals surface area contributed by atoms with Crippen molar-refractivity contribution < 1.29 is 4.57 Å². The second-order valence-corrected chi connectivity index (χ2v) is 9.87. The maximum atomic E-state index is 2.56. The molecule has 3 heteroatoms. The van der Waals surface area contributed by atoms with Gasteiger partial charge in [-0.25, -0.2) is 9.13 Å². The molecule has 2 heterocycles. The van der Waals surface area contributed by atoms with E-state index in [2.05, 4.69) is 63.9 Å². The van der Waals surface area contributed by atoms with Gasteiger partial charge in [-0.05, 0) is 49.9 Å². The van der Waals surface area contributed by atoms with Crippen molar-refractivity contribution in [1.82, 2.24) is 4.57 Å². The van der Waals surface area contributed by atoms with Crippen LogP contribution in [0.25, 0.3) is 5.69 Å². The zero-order chi connectivity index (χ0) is 22.3. The van der Waals surface area contributed by atoms with Crippen molar-refractivity contribution in [2.75, 3.05) is 18.0 Å². The van der Waals surface area contributed by atoms with E-state index >= 15 is 0 Å². The van der Waals surface area contributed by atoms with E-state index in [4.69, 9.17) is 0 Å². The lowest BCUT2D eigenvalue weighted by atomic mass is 10.1. The Hall–Kier alpha value is -1.77. The van der Waals surface area contributed by atoms with Gasteiger partial charge in [-0.15, -0.1) is 0 Å². The van der Waals surface area contributed by atoms with Crippen LogP contribution in [-0.2, 0) is 6.54 Å². The minimum absolute atomic E-state index is 1.14. The number of hydrogen-bond donors (Lipinski definition) is 0. The molecule has 0 atom stereocenters. The average molecular weight is 439 g/mol. The van der Waals surface area contributed by atoms with Gasteiger partial charge < -0.3 is 4.90 Å². The van der Waals surface area contributed by atoms with Crippen molar-refractivity contribution in [2.45, 2.75) is 116 Å². The second-order valence-electron chi connectivity index (χ2n) is 9.87. The SMILES string of the molecule is CCCCCCCCCCCCCC[n+]1ccn(-c2ccc(N3CCCCCC3)cc2)c1. The van der Waals surface area contributed by atoms with Gasteiger partial charge in [-0.1, -0.05) is 84.0 Å². The smallest absolute Gasteiger partial charge is 0.248 e. The van der Waals surface area contributed by atoms with Crippen LogP contribution in [0.5, 0.6) is 0 Å². The average Bonchev–Trinajstić information content (AvgIpc) is 3.13. The fourth-order valence-corrected chi connectivity index (χ4v) is 4.98. The van der Waals surface area contributed by atoms with Gasteiger partial charge in [0.05, 0.1) is 6.54 Å². The molecule has 0 bridgehead atoms. The molecular formula is C29H48N3+. The minimum atomic E-state index is 1.14. The molecule has 0 aliphatic carbocycles. The zero-order valence-electron chi connectivity index (χ0n) is 20.8. The summed E-state index contributed by atoms with van der Waals surface area (Å²) in [5.74, 6) is 0. The standard InChI is InChI=1S/C29H48N3/c1-2-3-4-5-6-7-8-9-10-11-12-15-22-30-25-26-32(27-30)29-20-18-28(19-21-29)31-23-16-13-14-17-24-31/h18-21,25-27H,2-17,22-24H2,1H3/q+1. The van der Waals surface area contributed by atoms with Gasteiger partial charge in [-0.2, -0.15) is 0 Å².